The van der Waals surface area contributed by atoms with Gasteiger partial charge in [0.2, 0.25) is 0 Å². The van der Waals surface area contributed by atoms with Crippen LogP contribution in [0.4, 0.5) is 0 Å². The molecular weight excluding hydrogens is 298 g/mol. The zero-order valence-electron chi connectivity index (χ0n) is 10.5. The van der Waals surface area contributed by atoms with Crippen molar-refractivity contribution in [3.8, 4) is 5.75 Å². The van der Waals surface area contributed by atoms with E-state index < -0.39 is 12.1 Å². The molecule has 0 saturated carbocycles. The van der Waals surface area contributed by atoms with E-state index in [4.69, 9.17) is 22.1 Å². The Balaban J connectivity index is 2.18. The monoisotopic (exact) mass is 309 g/mol. The summed E-state index contributed by atoms with van der Waals surface area (Å²) in [5.74, 6) is -0.838. The van der Waals surface area contributed by atoms with Crippen molar-refractivity contribution in [1.82, 2.24) is 5.32 Å². The summed E-state index contributed by atoms with van der Waals surface area (Å²) < 4.78 is 5.69. The minimum Gasteiger partial charge on any atom is -0.479 e. The number of benzene rings is 1. The highest BCUT2D eigenvalue weighted by Gasteiger charge is 2.22. The molecule has 1 unspecified atom stereocenters. The number of carbonyl (C=O) groups excluding carboxylic acids is 1. The molecular formula is C13H11NO4S2. The smallest absolute Gasteiger partial charge is 0.344 e. The summed E-state index contributed by atoms with van der Waals surface area (Å²) in [6, 6.07) is 6.85. The minimum absolute atomic E-state index is 0.231. The lowest BCUT2D eigenvalue weighted by Gasteiger charge is -2.10. The SMILES string of the molecule is CC(Oc1cccc(/C=C2/SC(=S)NC2=O)c1)C(=O)O. The third-order valence-corrected chi connectivity index (χ3v) is 3.62. The number of carboxylic acid groups (broad SMARTS) is 1. The van der Waals surface area contributed by atoms with E-state index in [1.54, 1.807) is 30.3 Å². The predicted molar refractivity (Wildman–Crippen MR) is 80.5 cm³/mol. The maximum Gasteiger partial charge on any atom is 0.344 e. The van der Waals surface area contributed by atoms with Gasteiger partial charge in [0.1, 0.15) is 10.1 Å². The van der Waals surface area contributed by atoms with E-state index in [2.05, 4.69) is 5.32 Å². The normalized spacial score (nSPS) is 17.9. The number of hydrogen-bond donors (Lipinski definition) is 2. The molecule has 2 rings (SSSR count). The van der Waals surface area contributed by atoms with Gasteiger partial charge in [-0.15, -0.1) is 0 Å². The molecule has 104 valence electrons. The van der Waals surface area contributed by atoms with Crippen molar-refractivity contribution in [2.75, 3.05) is 0 Å². The Morgan fingerprint density at radius 3 is 2.90 bits per heavy atom. The van der Waals surface area contributed by atoms with Gasteiger partial charge in [0.15, 0.2) is 6.10 Å². The van der Waals surface area contributed by atoms with E-state index >= 15 is 0 Å². The maximum atomic E-state index is 11.5. The van der Waals surface area contributed by atoms with Crippen LogP contribution in [0.5, 0.6) is 5.75 Å². The lowest BCUT2D eigenvalue weighted by Crippen LogP contribution is -2.22. The van der Waals surface area contributed by atoms with Crippen molar-refractivity contribution in [3.05, 3.63) is 34.7 Å². The van der Waals surface area contributed by atoms with Gasteiger partial charge >= 0.3 is 5.97 Å². The lowest BCUT2D eigenvalue weighted by atomic mass is 10.2. The molecule has 0 aliphatic carbocycles. The molecule has 0 spiro atoms. The highest BCUT2D eigenvalue weighted by atomic mass is 32.2. The number of carbonyl (C=O) groups is 2. The standard InChI is InChI=1S/C13H11NO4S2/c1-7(12(16)17)18-9-4-2-3-8(5-9)6-10-11(15)14-13(19)20-10/h2-7H,1H3,(H,16,17)(H,14,15,19)/b10-6+. The maximum absolute atomic E-state index is 11.5. The molecule has 1 aliphatic rings. The quantitative estimate of drug-likeness (QED) is 0.655. The first kappa shape index (κ1) is 14.5. The first-order valence-electron chi connectivity index (χ1n) is 5.70. The van der Waals surface area contributed by atoms with Crippen molar-refractivity contribution >= 4 is 46.3 Å². The van der Waals surface area contributed by atoms with Crippen LogP contribution in [0.3, 0.4) is 0 Å². The second kappa shape index (κ2) is 6.06. The number of nitrogens with one attached hydrogen (secondary N) is 1. The summed E-state index contributed by atoms with van der Waals surface area (Å²) in [5.41, 5.74) is 0.738. The van der Waals surface area contributed by atoms with Crippen LogP contribution in [-0.4, -0.2) is 27.4 Å². The Bertz CT molecular complexity index is 612. The van der Waals surface area contributed by atoms with Crippen LogP contribution in [0.1, 0.15) is 12.5 Å². The second-order valence-electron chi connectivity index (χ2n) is 4.02. The molecule has 1 aliphatic heterocycles. The van der Waals surface area contributed by atoms with Crippen molar-refractivity contribution in [1.29, 1.82) is 0 Å². The minimum atomic E-state index is -1.04. The molecule has 1 atom stereocenters. The summed E-state index contributed by atoms with van der Waals surface area (Å²) in [6.45, 7) is 1.45. The molecule has 1 heterocycles. The largest absolute Gasteiger partial charge is 0.479 e. The number of aliphatic carboxylic acids is 1. The number of thiocarbonyl (C=S) groups is 1. The molecule has 7 heteroatoms. The van der Waals surface area contributed by atoms with Crippen molar-refractivity contribution in [2.24, 2.45) is 0 Å². The number of carboxylic acids is 1. The number of amides is 1. The van der Waals surface area contributed by atoms with Crippen LogP contribution in [-0.2, 0) is 9.59 Å². The molecule has 5 nitrogen and oxygen atoms in total. The molecule has 1 aromatic rings. The molecule has 0 radical (unpaired) electrons. The predicted octanol–water partition coefficient (Wildman–Crippen LogP) is 2.03. The number of hydrogen-bond acceptors (Lipinski definition) is 5. The fourth-order valence-electron chi connectivity index (χ4n) is 1.50. The summed E-state index contributed by atoms with van der Waals surface area (Å²) in [4.78, 5) is 22.8. The van der Waals surface area contributed by atoms with E-state index in [0.717, 1.165) is 5.56 Å². The molecule has 20 heavy (non-hydrogen) atoms. The molecule has 1 amide bonds. The molecule has 1 aromatic carbocycles. The number of thioether (sulfide) groups is 1. The zero-order chi connectivity index (χ0) is 14.7. The van der Waals surface area contributed by atoms with Gasteiger partial charge in [0.05, 0.1) is 4.91 Å². The van der Waals surface area contributed by atoms with Gasteiger partial charge in [-0.3, -0.25) is 4.79 Å². The fraction of sp³-hybridized carbons (Fsp3) is 0.154. The van der Waals surface area contributed by atoms with Crippen LogP contribution in [0.2, 0.25) is 0 Å². The number of rotatable bonds is 4. The summed E-state index contributed by atoms with van der Waals surface area (Å²) in [7, 11) is 0. The number of ether oxygens (including phenoxy) is 1. The van der Waals surface area contributed by atoms with Crippen molar-refractivity contribution in [2.45, 2.75) is 13.0 Å². The zero-order valence-corrected chi connectivity index (χ0v) is 12.1. The van der Waals surface area contributed by atoms with E-state index in [0.29, 0.717) is 15.0 Å². The Morgan fingerprint density at radius 1 is 1.55 bits per heavy atom. The van der Waals surface area contributed by atoms with Gasteiger partial charge in [-0.2, -0.15) is 0 Å². The molecule has 2 N–H and O–H groups in total. The summed E-state index contributed by atoms with van der Waals surface area (Å²) in [5, 5.41) is 11.3. The topological polar surface area (TPSA) is 75.6 Å². The highest BCUT2D eigenvalue weighted by Crippen LogP contribution is 2.27. The lowest BCUT2D eigenvalue weighted by molar-refractivity contribution is -0.144. The van der Waals surface area contributed by atoms with E-state index in [-0.39, 0.29) is 5.91 Å². The Kier molecular flexibility index (Phi) is 4.41. The van der Waals surface area contributed by atoms with Crippen LogP contribution < -0.4 is 10.1 Å². The van der Waals surface area contributed by atoms with Gasteiger partial charge in [-0.25, -0.2) is 4.79 Å². The van der Waals surface area contributed by atoms with Gasteiger partial charge < -0.3 is 15.2 Å². The first-order chi connectivity index (χ1) is 9.45. The fourth-order valence-corrected chi connectivity index (χ4v) is 2.55. The first-order valence-corrected chi connectivity index (χ1v) is 6.92. The van der Waals surface area contributed by atoms with Crippen molar-refractivity contribution in [3.63, 3.8) is 0 Å². The molecule has 0 bridgehead atoms. The molecule has 1 fully saturated rings. The van der Waals surface area contributed by atoms with Gasteiger partial charge in [-0.1, -0.05) is 36.1 Å². The molecule has 0 aromatic heterocycles. The Labute approximate surface area is 125 Å². The van der Waals surface area contributed by atoms with Crippen LogP contribution in [0.25, 0.3) is 6.08 Å². The third-order valence-electron chi connectivity index (χ3n) is 2.46. The summed E-state index contributed by atoms with van der Waals surface area (Å²) in [6.07, 6.45) is 0.743. The Hall–Kier alpha value is -1.86. The van der Waals surface area contributed by atoms with E-state index in [1.807, 2.05) is 0 Å². The summed E-state index contributed by atoms with van der Waals surface area (Å²) >= 11 is 6.09. The molecule has 1 saturated heterocycles. The second-order valence-corrected chi connectivity index (χ2v) is 5.74. The van der Waals surface area contributed by atoms with Crippen LogP contribution in [0, 0.1) is 0 Å². The van der Waals surface area contributed by atoms with E-state index in [1.165, 1.54) is 18.7 Å². The van der Waals surface area contributed by atoms with Crippen LogP contribution in [0.15, 0.2) is 29.2 Å². The van der Waals surface area contributed by atoms with Gasteiger partial charge in [-0.05, 0) is 30.7 Å². The highest BCUT2D eigenvalue weighted by molar-refractivity contribution is 8.26. The average molecular weight is 309 g/mol. The van der Waals surface area contributed by atoms with Gasteiger partial charge in [0.25, 0.3) is 5.91 Å². The average Bonchev–Trinajstić information content (AvgIpc) is 2.68. The van der Waals surface area contributed by atoms with E-state index in [9.17, 15) is 9.59 Å². The van der Waals surface area contributed by atoms with Gasteiger partial charge in [0, 0.05) is 0 Å². The van der Waals surface area contributed by atoms with Crippen LogP contribution >= 0.6 is 24.0 Å². The third kappa shape index (κ3) is 3.58. The van der Waals surface area contributed by atoms with Crippen molar-refractivity contribution < 1.29 is 19.4 Å². The Morgan fingerprint density at radius 2 is 2.30 bits per heavy atom.